The van der Waals surface area contributed by atoms with Crippen LogP contribution in [0.2, 0.25) is 0 Å². The van der Waals surface area contributed by atoms with Crippen molar-refractivity contribution in [3.8, 4) is 0 Å². The van der Waals surface area contributed by atoms with E-state index in [9.17, 15) is 31.5 Å². The number of aromatic nitrogens is 4. The number of aromatic amines is 1. The van der Waals surface area contributed by atoms with Crippen LogP contribution in [0.25, 0.3) is 10.8 Å². The summed E-state index contributed by atoms with van der Waals surface area (Å²) in [5, 5.41) is 9.68. The number of H-pyrrole nitrogens is 1. The minimum Gasteiger partial charge on any atom is -0.334 e. The second-order valence-electron chi connectivity index (χ2n) is 9.30. The fourth-order valence-electron chi connectivity index (χ4n) is 4.64. The van der Waals surface area contributed by atoms with Crippen LogP contribution in [-0.4, -0.2) is 43.7 Å². The number of hydrogen-bond acceptors (Lipinski definition) is 6. The number of amides is 1. The number of benzene rings is 2. The highest BCUT2D eigenvalue weighted by Gasteiger charge is 2.37. The maximum absolute atomic E-state index is 14.9. The van der Waals surface area contributed by atoms with Crippen LogP contribution >= 0.6 is 0 Å². The molecule has 0 aliphatic carbocycles. The molecule has 0 saturated carbocycles. The number of alkyl halides is 3. The van der Waals surface area contributed by atoms with Crippen molar-refractivity contribution in [1.29, 1.82) is 0 Å². The number of rotatable bonds is 5. The number of carbonyl (C=O) groups excluding carboxylic acids is 1. The molecule has 3 heterocycles. The third-order valence-electron chi connectivity index (χ3n) is 6.65. The van der Waals surface area contributed by atoms with Gasteiger partial charge in [-0.1, -0.05) is 13.0 Å². The molecule has 1 unspecified atom stereocenters. The van der Waals surface area contributed by atoms with Gasteiger partial charge >= 0.3 is 6.18 Å². The van der Waals surface area contributed by atoms with Crippen LogP contribution in [0.4, 0.5) is 27.9 Å². The van der Waals surface area contributed by atoms with Crippen LogP contribution in [0.5, 0.6) is 0 Å². The molecule has 1 fully saturated rings. The second kappa shape index (κ2) is 10.0. The lowest BCUT2D eigenvalue weighted by molar-refractivity contribution is -0.141. The summed E-state index contributed by atoms with van der Waals surface area (Å²) in [7, 11) is 0. The van der Waals surface area contributed by atoms with E-state index in [0.29, 0.717) is 23.1 Å². The van der Waals surface area contributed by atoms with Crippen LogP contribution in [0.1, 0.15) is 40.7 Å². The van der Waals surface area contributed by atoms with Crippen molar-refractivity contribution in [1.82, 2.24) is 25.1 Å². The molecule has 1 amide bonds. The number of hydrogen-bond donors (Lipinski definition) is 2. The number of nitrogens with one attached hydrogen (secondary N) is 2. The van der Waals surface area contributed by atoms with Crippen molar-refractivity contribution in [2.75, 3.05) is 11.9 Å². The predicted molar refractivity (Wildman–Crippen MR) is 131 cm³/mol. The molecule has 0 spiro atoms. The molecule has 2 aromatic carbocycles. The minimum atomic E-state index is -4.67. The summed E-state index contributed by atoms with van der Waals surface area (Å²) in [6.07, 6.45) is -3.84. The normalized spacial score (nSPS) is 17.5. The average Bonchev–Trinajstić information content (AvgIpc) is 3.26. The molecule has 13 heteroatoms. The zero-order valence-corrected chi connectivity index (χ0v) is 20.4. The van der Waals surface area contributed by atoms with E-state index in [0.717, 1.165) is 24.4 Å². The third kappa shape index (κ3) is 5.29. The van der Waals surface area contributed by atoms with E-state index in [1.54, 1.807) is 6.92 Å². The Kier molecular flexibility index (Phi) is 6.74. The quantitative estimate of drug-likeness (QED) is 0.358. The second-order valence-corrected chi connectivity index (χ2v) is 9.30. The van der Waals surface area contributed by atoms with Gasteiger partial charge in [-0.2, -0.15) is 18.3 Å². The Morgan fingerprint density at radius 1 is 1.13 bits per heavy atom. The molecular weight excluding hydrogens is 523 g/mol. The lowest BCUT2D eigenvalue weighted by Gasteiger charge is -2.28. The van der Waals surface area contributed by atoms with Crippen LogP contribution < -0.4 is 10.9 Å². The molecule has 1 saturated heterocycles. The highest BCUT2D eigenvalue weighted by atomic mass is 19.4. The van der Waals surface area contributed by atoms with Gasteiger partial charge in [-0.05, 0) is 54.3 Å². The van der Waals surface area contributed by atoms with E-state index in [1.165, 1.54) is 29.2 Å². The smallest absolute Gasteiger partial charge is 0.334 e. The molecule has 202 valence electrons. The first-order chi connectivity index (χ1) is 18.5. The molecule has 2 N–H and O–H groups in total. The van der Waals surface area contributed by atoms with Crippen molar-refractivity contribution in [2.24, 2.45) is 5.92 Å². The predicted octanol–water partition coefficient (Wildman–Crippen LogP) is 4.52. The first-order valence-corrected chi connectivity index (χ1v) is 11.9. The molecular formula is C26H21F5N6O2. The van der Waals surface area contributed by atoms with Gasteiger partial charge in [-0.3, -0.25) is 9.59 Å². The number of likely N-dealkylation sites (tertiary alicyclic amines) is 1. The van der Waals surface area contributed by atoms with Gasteiger partial charge in [0, 0.05) is 24.5 Å². The molecule has 2 atom stereocenters. The van der Waals surface area contributed by atoms with Crippen LogP contribution in [-0.2, 0) is 12.6 Å². The lowest BCUT2D eigenvalue weighted by Crippen LogP contribution is -2.43. The van der Waals surface area contributed by atoms with Crippen molar-refractivity contribution in [3.63, 3.8) is 0 Å². The number of anilines is 1. The molecule has 5 rings (SSSR count). The number of fused-ring (bicyclic) bond motifs is 1. The van der Waals surface area contributed by atoms with Gasteiger partial charge in [0.05, 0.1) is 16.6 Å². The zero-order chi connectivity index (χ0) is 27.9. The molecule has 8 nitrogen and oxygen atoms in total. The summed E-state index contributed by atoms with van der Waals surface area (Å²) < 4.78 is 67.8. The van der Waals surface area contributed by atoms with Crippen molar-refractivity contribution in [2.45, 2.75) is 32.1 Å². The fourth-order valence-corrected chi connectivity index (χ4v) is 4.64. The Morgan fingerprint density at radius 2 is 1.92 bits per heavy atom. The largest absolute Gasteiger partial charge is 0.433 e. The van der Waals surface area contributed by atoms with Gasteiger partial charge in [0.25, 0.3) is 11.5 Å². The van der Waals surface area contributed by atoms with E-state index >= 15 is 0 Å². The van der Waals surface area contributed by atoms with E-state index in [2.05, 4.69) is 25.5 Å². The minimum absolute atomic E-state index is 0.107. The molecule has 4 aromatic rings. The van der Waals surface area contributed by atoms with Gasteiger partial charge in [0.1, 0.15) is 23.5 Å². The van der Waals surface area contributed by atoms with Crippen molar-refractivity contribution in [3.05, 3.63) is 93.2 Å². The lowest BCUT2D eigenvalue weighted by atomic mass is 10.0. The number of nitrogens with zero attached hydrogens (tertiary/aromatic N) is 4. The molecule has 2 aromatic heterocycles. The Labute approximate surface area is 217 Å². The maximum atomic E-state index is 14.9. The van der Waals surface area contributed by atoms with Gasteiger partial charge in [-0.15, -0.1) is 0 Å². The van der Waals surface area contributed by atoms with Gasteiger partial charge in [0.15, 0.2) is 0 Å². The fraction of sp³-hybridized carbons (Fsp3) is 0.269. The summed E-state index contributed by atoms with van der Waals surface area (Å²) in [5.41, 5.74) is -1.03. The van der Waals surface area contributed by atoms with Crippen LogP contribution in [0.15, 0.2) is 53.5 Å². The summed E-state index contributed by atoms with van der Waals surface area (Å²) in [5.74, 6) is -2.51. The average molecular weight is 544 g/mol. The summed E-state index contributed by atoms with van der Waals surface area (Å²) in [6.45, 7) is 2.04. The van der Waals surface area contributed by atoms with Crippen LogP contribution in [0, 0.1) is 17.6 Å². The molecule has 0 radical (unpaired) electrons. The Morgan fingerprint density at radius 3 is 2.69 bits per heavy atom. The van der Waals surface area contributed by atoms with Crippen molar-refractivity contribution < 1.29 is 26.7 Å². The molecule has 1 aliphatic rings. The van der Waals surface area contributed by atoms with E-state index < -0.39 is 41.1 Å². The highest BCUT2D eigenvalue weighted by molar-refractivity contribution is 5.95. The van der Waals surface area contributed by atoms with Crippen LogP contribution in [0.3, 0.4) is 0 Å². The summed E-state index contributed by atoms with van der Waals surface area (Å²) in [6, 6.07) is 8.42. The monoisotopic (exact) mass is 544 g/mol. The van der Waals surface area contributed by atoms with Gasteiger partial charge in [0.2, 0.25) is 5.95 Å². The Balaban J connectivity index is 1.42. The SMILES string of the molecule is CC1CCN(C(=O)c2cc(Cc3n[nH]c(=O)c4cc(F)ccc34)ccc2F)[C@H]1Nc1nccc(C(F)(F)F)n1. The Hall–Kier alpha value is -4.42. The topological polar surface area (TPSA) is 104 Å². The molecule has 0 bridgehead atoms. The Bertz CT molecular complexity index is 1620. The third-order valence-corrected chi connectivity index (χ3v) is 6.65. The molecule has 39 heavy (non-hydrogen) atoms. The first kappa shape index (κ1) is 26.2. The summed E-state index contributed by atoms with van der Waals surface area (Å²) in [4.78, 5) is 34.2. The highest BCUT2D eigenvalue weighted by Crippen LogP contribution is 2.30. The number of halogens is 5. The van der Waals surface area contributed by atoms with E-state index in [-0.39, 0.29) is 35.8 Å². The zero-order valence-electron chi connectivity index (χ0n) is 20.4. The standard InChI is InChI=1S/C26H21F5N6O2/c1-13-7-9-37(22(13)34-25-32-8-6-21(33-25)26(29,30)31)24(39)18-10-14(2-5-19(18)28)11-20-16-4-3-15(27)12-17(16)23(38)36-35-20/h2-6,8,10,12-13,22H,7,9,11H2,1H3,(H,36,38)(H,32,33,34)/t13?,22-/m1/s1. The van der Waals surface area contributed by atoms with Crippen molar-refractivity contribution >= 4 is 22.6 Å². The van der Waals surface area contributed by atoms with E-state index in [4.69, 9.17) is 0 Å². The van der Waals surface area contributed by atoms with E-state index in [1.807, 2.05) is 0 Å². The maximum Gasteiger partial charge on any atom is 0.433 e. The van der Waals surface area contributed by atoms with Gasteiger partial charge < -0.3 is 10.2 Å². The number of carbonyl (C=O) groups is 1. The summed E-state index contributed by atoms with van der Waals surface area (Å²) >= 11 is 0. The van der Waals surface area contributed by atoms with Gasteiger partial charge in [-0.25, -0.2) is 23.8 Å². The molecule has 1 aliphatic heterocycles. The first-order valence-electron chi connectivity index (χ1n) is 11.9.